The van der Waals surface area contributed by atoms with Gasteiger partial charge in [0.2, 0.25) is 0 Å². The Balaban J connectivity index is 1.42. The molecule has 4 rings (SSSR count). The number of thiazole rings is 1. The van der Waals surface area contributed by atoms with E-state index in [1.165, 1.54) is 17.5 Å². The topological polar surface area (TPSA) is 101 Å². The standard InChI is InChI=1S/C18H18N4O4S/c1-11-14(18(24)25)8-19-22(11)13-2-5-21(6-3-13)17(23)15-10-27-16(20-15)12-4-7-26-9-12/h4,7-10,13H,2-3,5-6H2,1H3,(H,24,25). The van der Waals surface area contributed by atoms with Gasteiger partial charge in [-0.25, -0.2) is 9.78 Å². The third kappa shape index (κ3) is 3.25. The van der Waals surface area contributed by atoms with Gasteiger partial charge in [-0.3, -0.25) is 9.48 Å². The summed E-state index contributed by atoms with van der Waals surface area (Å²) in [5, 5.41) is 15.9. The van der Waals surface area contributed by atoms with Crippen LogP contribution >= 0.6 is 11.3 Å². The molecular weight excluding hydrogens is 368 g/mol. The lowest BCUT2D eigenvalue weighted by Gasteiger charge is -2.32. The summed E-state index contributed by atoms with van der Waals surface area (Å²) in [6.07, 6.45) is 6.03. The van der Waals surface area contributed by atoms with Crippen molar-refractivity contribution in [2.24, 2.45) is 0 Å². The van der Waals surface area contributed by atoms with Crippen molar-refractivity contribution in [2.45, 2.75) is 25.8 Å². The molecule has 0 unspecified atom stereocenters. The van der Waals surface area contributed by atoms with E-state index in [9.17, 15) is 14.7 Å². The minimum absolute atomic E-state index is 0.0807. The fraction of sp³-hybridized carbons (Fsp3) is 0.333. The Morgan fingerprint density at radius 1 is 1.33 bits per heavy atom. The van der Waals surface area contributed by atoms with E-state index in [2.05, 4.69) is 10.1 Å². The summed E-state index contributed by atoms with van der Waals surface area (Å²) in [6, 6.07) is 1.91. The molecule has 0 bridgehead atoms. The highest BCUT2D eigenvalue weighted by Crippen LogP contribution is 2.28. The highest BCUT2D eigenvalue weighted by atomic mass is 32.1. The van der Waals surface area contributed by atoms with Crippen molar-refractivity contribution < 1.29 is 19.1 Å². The molecule has 0 aromatic carbocycles. The van der Waals surface area contributed by atoms with Gasteiger partial charge < -0.3 is 14.4 Å². The molecule has 1 saturated heterocycles. The second-order valence-corrected chi connectivity index (χ2v) is 7.32. The lowest BCUT2D eigenvalue weighted by Crippen LogP contribution is -2.39. The summed E-state index contributed by atoms with van der Waals surface area (Å²) in [6.45, 7) is 2.94. The second kappa shape index (κ2) is 6.99. The Kier molecular flexibility index (Phi) is 4.53. The van der Waals surface area contributed by atoms with Gasteiger partial charge in [0.25, 0.3) is 5.91 Å². The predicted molar refractivity (Wildman–Crippen MR) is 97.9 cm³/mol. The molecule has 9 heteroatoms. The number of aromatic nitrogens is 3. The molecule has 1 fully saturated rings. The van der Waals surface area contributed by atoms with Crippen molar-refractivity contribution in [1.29, 1.82) is 0 Å². The molecule has 140 valence electrons. The summed E-state index contributed by atoms with van der Waals surface area (Å²) in [5.74, 6) is -1.05. The summed E-state index contributed by atoms with van der Waals surface area (Å²) in [4.78, 5) is 30.1. The van der Waals surface area contributed by atoms with Crippen LogP contribution in [0, 0.1) is 6.92 Å². The van der Waals surface area contributed by atoms with Gasteiger partial charge >= 0.3 is 5.97 Å². The van der Waals surface area contributed by atoms with Crippen molar-refractivity contribution in [3.05, 3.63) is 47.1 Å². The van der Waals surface area contributed by atoms with Crippen LogP contribution in [0.25, 0.3) is 10.6 Å². The predicted octanol–water partition coefficient (Wildman–Crippen LogP) is 3.08. The van der Waals surface area contributed by atoms with Gasteiger partial charge in [-0.15, -0.1) is 11.3 Å². The van der Waals surface area contributed by atoms with Crippen LogP contribution in [0.4, 0.5) is 0 Å². The van der Waals surface area contributed by atoms with Crippen LogP contribution in [-0.4, -0.2) is 49.7 Å². The number of likely N-dealkylation sites (tertiary alicyclic amines) is 1. The first-order chi connectivity index (χ1) is 13.0. The average Bonchev–Trinajstić information content (AvgIpc) is 3.41. The zero-order valence-electron chi connectivity index (χ0n) is 14.7. The SMILES string of the molecule is Cc1c(C(=O)O)cnn1C1CCN(C(=O)c2csc(-c3ccoc3)n2)CC1. The second-order valence-electron chi connectivity index (χ2n) is 6.47. The fourth-order valence-electron chi connectivity index (χ4n) is 3.37. The van der Waals surface area contributed by atoms with Crippen LogP contribution in [0.2, 0.25) is 0 Å². The van der Waals surface area contributed by atoms with Crippen LogP contribution in [0.15, 0.2) is 34.6 Å². The van der Waals surface area contributed by atoms with Crippen molar-refractivity contribution in [2.75, 3.05) is 13.1 Å². The van der Waals surface area contributed by atoms with E-state index in [1.54, 1.807) is 34.4 Å². The van der Waals surface area contributed by atoms with Crippen LogP contribution in [0.5, 0.6) is 0 Å². The summed E-state index contributed by atoms with van der Waals surface area (Å²) in [7, 11) is 0. The number of carboxylic acid groups (broad SMARTS) is 1. The Morgan fingerprint density at radius 3 is 2.74 bits per heavy atom. The number of piperidine rings is 1. The van der Waals surface area contributed by atoms with Gasteiger partial charge in [-0.2, -0.15) is 5.10 Å². The average molecular weight is 386 g/mol. The molecule has 0 aliphatic carbocycles. The number of nitrogens with zero attached hydrogens (tertiary/aromatic N) is 4. The molecule has 1 amide bonds. The zero-order chi connectivity index (χ0) is 19.0. The molecule has 4 heterocycles. The van der Waals surface area contributed by atoms with Gasteiger partial charge in [0.1, 0.15) is 22.5 Å². The Hall–Kier alpha value is -2.94. The van der Waals surface area contributed by atoms with Crippen molar-refractivity contribution >= 4 is 23.2 Å². The van der Waals surface area contributed by atoms with Gasteiger partial charge in [0, 0.05) is 24.0 Å². The number of carbonyl (C=O) groups excluding carboxylic acids is 1. The van der Waals surface area contributed by atoms with Gasteiger partial charge in [0.15, 0.2) is 0 Å². The minimum atomic E-state index is -0.969. The Bertz CT molecular complexity index is 968. The lowest BCUT2D eigenvalue weighted by atomic mass is 10.0. The van der Waals surface area contributed by atoms with Crippen LogP contribution in [0.3, 0.4) is 0 Å². The highest BCUT2D eigenvalue weighted by Gasteiger charge is 2.28. The van der Waals surface area contributed by atoms with E-state index in [-0.39, 0.29) is 17.5 Å². The van der Waals surface area contributed by atoms with E-state index < -0.39 is 5.97 Å². The number of hydrogen-bond donors (Lipinski definition) is 1. The molecule has 8 nitrogen and oxygen atoms in total. The van der Waals surface area contributed by atoms with Gasteiger partial charge in [0.05, 0.1) is 24.2 Å². The number of carbonyl (C=O) groups is 2. The summed E-state index contributed by atoms with van der Waals surface area (Å²) in [5.41, 5.74) is 2.18. The summed E-state index contributed by atoms with van der Waals surface area (Å²) >= 11 is 1.42. The molecule has 0 spiro atoms. The Labute approximate surface area is 159 Å². The third-order valence-corrected chi connectivity index (χ3v) is 5.76. The normalized spacial score (nSPS) is 15.2. The van der Waals surface area contributed by atoms with E-state index in [1.807, 2.05) is 6.07 Å². The summed E-state index contributed by atoms with van der Waals surface area (Å²) < 4.78 is 6.83. The molecule has 0 radical (unpaired) electrons. The number of carboxylic acids is 1. The van der Waals surface area contributed by atoms with Gasteiger partial charge in [-0.1, -0.05) is 0 Å². The first-order valence-corrected chi connectivity index (χ1v) is 9.47. The molecule has 1 N–H and O–H groups in total. The molecule has 0 atom stereocenters. The maximum Gasteiger partial charge on any atom is 0.339 e. The van der Waals surface area contributed by atoms with E-state index in [0.717, 1.165) is 23.4 Å². The smallest absolute Gasteiger partial charge is 0.339 e. The first-order valence-electron chi connectivity index (χ1n) is 8.59. The van der Waals surface area contributed by atoms with Crippen molar-refractivity contribution in [3.63, 3.8) is 0 Å². The maximum absolute atomic E-state index is 12.7. The quantitative estimate of drug-likeness (QED) is 0.739. The van der Waals surface area contributed by atoms with Crippen LogP contribution in [-0.2, 0) is 0 Å². The highest BCUT2D eigenvalue weighted by molar-refractivity contribution is 7.13. The number of hydrogen-bond acceptors (Lipinski definition) is 6. The monoisotopic (exact) mass is 386 g/mol. The Morgan fingerprint density at radius 2 is 2.11 bits per heavy atom. The number of amides is 1. The van der Waals surface area contributed by atoms with Crippen LogP contribution < -0.4 is 0 Å². The molecule has 1 aliphatic heterocycles. The molecule has 3 aromatic rings. The van der Waals surface area contributed by atoms with E-state index in [4.69, 9.17) is 4.42 Å². The largest absolute Gasteiger partial charge is 0.478 e. The molecule has 3 aromatic heterocycles. The van der Waals surface area contributed by atoms with Crippen molar-refractivity contribution in [1.82, 2.24) is 19.7 Å². The maximum atomic E-state index is 12.7. The molecule has 27 heavy (non-hydrogen) atoms. The molecular formula is C18H18N4O4S. The van der Waals surface area contributed by atoms with Crippen molar-refractivity contribution in [3.8, 4) is 10.6 Å². The molecule has 0 saturated carbocycles. The number of rotatable bonds is 4. The number of furan rings is 1. The van der Waals surface area contributed by atoms with E-state index >= 15 is 0 Å². The number of aromatic carboxylic acids is 1. The first kappa shape index (κ1) is 17.5. The zero-order valence-corrected chi connectivity index (χ0v) is 15.5. The minimum Gasteiger partial charge on any atom is -0.478 e. The van der Waals surface area contributed by atoms with E-state index in [0.29, 0.717) is 24.5 Å². The molecule has 1 aliphatic rings. The van der Waals surface area contributed by atoms with Gasteiger partial charge in [-0.05, 0) is 25.8 Å². The fourth-order valence-corrected chi connectivity index (χ4v) is 4.15. The third-order valence-electron chi connectivity index (χ3n) is 4.86. The lowest BCUT2D eigenvalue weighted by molar-refractivity contribution is 0.0683. The van der Waals surface area contributed by atoms with Crippen LogP contribution in [0.1, 0.15) is 45.4 Å².